The van der Waals surface area contributed by atoms with Gasteiger partial charge in [0.05, 0.1) is 12.0 Å². The van der Waals surface area contributed by atoms with Crippen molar-refractivity contribution in [2.75, 3.05) is 0 Å². The number of nitriles is 1. The summed E-state index contributed by atoms with van der Waals surface area (Å²) in [5.74, 6) is 1.03. The van der Waals surface area contributed by atoms with Gasteiger partial charge in [-0.05, 0) is 32.1 Å². The minimum Gasteiger partial charge on any atom is -0.310 e. The molecule has 0 heterocycles. The molecule has 16 heavy (non-hydrogen) atoms. The van der Waals surface area contributed by atoms with Crippen molar-refractivity contribution in [3.05, 3.63) is 0 Å². The smallest absolute Gasteiger partial charge is 0.0672 e. The lowest BCUT2D eigenvalue weighted by Gasteiger charge is -2.31. The molecule has 1 aliphatic rings. The maximum atomic E-state index is 9.11. The standard InChI is InChI=1S/C14H26N2/c1-4-11(2)9-12(3)16-14-8-6-5-7-13(14)10-15/h11-14,16H,4-9H2,1-3H3. The highest BCUT2D eigenvalue weighted by Gasteiger charge is 2.25. The van der Waals surface area contributed by atoms with Crippen LogP contribution in [0, 0.1) is 23.2 Å². The molecule has 4 unspecified atom stereocenters. The highest BCUT2D eigenvalue weighted by atomic mass is 15.0. The summed E-state index contributed by atoms with van der Waals surface area (Å²) in [5, 5.41) is 12.8. The van der Waals surface area contributed by atoms with E-state index in [2.05, 4.69) is 32.2 Å². The van der Waals surface area contributed by atoms with Gasteiger partial charge in [0, 0.05) is 12.1 Å². The summed E-state index contributed by atoms with van der Waals surface area (Å²) in [6.45, 7) is 6.81. The molecule has 92 valence electrons. The third-order valence-corrected chi connectivity index (χ3v) is 3.88. The van der Waals surface area contributed by atoms with E-state index in [1.807, 2.05) is 0 Å². The SMILES string of the molecule is CCC(C)CC(C)NC1CCCCC1C#N. The molecule has 0 aromatic rings. The fourth-order valence-electron chi connectivity index (χ4n) is 2.69. The number of nitrogens with one attached hydrogen (secondary N) is 1. The van der Waals surface area contributed by atoms with Crippen LogP contribution < -0.4 is 5.32 Å². The number of hydrogen-bond acceptors (Lipinski definition) is 2. The van der Waals surface area contributed by atoms with E-state index in [-0.39, 0.29) is 5.92 Å². The minimum atomic E-state index is 0.244. The molecular weight excluding hydrogens is 196 g/mol. The van der Waals surface area contributed by atoms with Crippen molar-refractivity contribution in [1.82, 2.24) is 5.32 Å². The summed E-state index contributed by atoms with van der Waals surface area (Å²) in [5.41, 5.74) is 0. The maximum absolute atomic E-state index is 9.11. The van der Waals surface area contributed by atoms with Gasteiger partial charge in [-0.25, -0.2) is 0 Å². The van der Waals surface area contributed by atoms with E-state index < -0.39 is 0 Å². The van der Waals surface area contributed by atoms with Crippen molar-refractivity contribution in [1.29, 1.82) is 5.26 Å². The van der Waals surface area contributed by atoms with Crippen LogP contribution in [0.15, 0.2) is 0 Å². The van der Waals surface area contributed by atoms with Crippen molar-refractivity contribution >= 4 is 0 Å². The summed E-state index contributed by atoms with van der Waals surface area (Å²) in [7, 11) is 0. The van der Waals surface area contributed by atoms with E-state index in [1.165, 1.54) is 32.1 Å². The number of rotatable bonds is 5. The summed E-state index contributed by atoms with van der Waals surface area (Å²) in [4.78, 5) is 0. The fraction of sp³-hybridized carbons (Fsp3) is 0.929. The molecule has 0 aliphatic heterocycles. The van der Waals surface area contributed by atoms with Crippen LogP contribution in [0.2, 0.25) is 0 Å². The molecule has 4 atom stereocenters. The summed E-state index contributed by atoms with van der Waals surface area (Å²) in [6.07, 6.45) is 7.26. The zero-order chi connectivity index (χ0) is 12.0. The van der Waals surface area contributed by atoms with Crippen molar-refractivity contribution < 1.29 is 0 Å². The van der Waals surface area contributed by atoms with Crippen molar-refractivity contribution in [3.8, 4) is 6.07 Å². The largest absolute Gasteiger partial charge is 0.310 e. The molecular formula is C14H26N2. The Bertz CT molecular complexity index is 231. The second-order valence-corrected chi connectivity index (χ2v) is 5.44. The van der Waals surface area contributed by atoms with Crippen LogP contribution in [0.5, 0.6) is 0 Å². The van der Waals surface area contributed by atoms with Gasteiger partial charge in [0.25, 0.3) is 0 Å². The molecule has 0 aromatic carbocycles. The first-order valence-electron chi connectivity index (χ1n) is 6.83. The summed E-state index contributed by atoms with van der Waals surface area (Å²) < 4.78 is 0. The van der Waals surface area contributed by atoms with Crippen molar-refractivity contribution in [2.24, 2.45) is 11.8 Å². The first-order valence-corrected chi connectivity index (χ1v) is 6.83. The third-order valence-electron chi connectivity index (χ3n) is 3.88. The Hall–Kier alpha value is -0.550. The van der Waals surface area contributed by atoms with Crippen LogP contribution in [0.3, 0.4) is 0 Å². The van der Waals surface area contributed by atoms with E-state index >= 15 is 0 Å². The zero-order valence-corrected chi connectivity index (χ0v) is 11.0. The zero-order valence-electron chi connectivity index (χ0n) is 11.0. The van der Waals surface area contributed by atoms with E-state index in [0.717, 1.165) is 12.3 Å². The van der Waals surface area contributed by atoms with Crippen LogP contribution in [0.1, 0.15) is 59.3 Å². The Morgan fingerprint density at radius 2 is 2.00 bits per heavy atom. The molecule has 0 bridgehead atoms. The Labute approximate surface area is 100 Å². The van der Waals surface area contributed by atoms with Gasteiger partial charge in [-0.2, -0.15) is 5.26 Å². The average molecular weight is 222 g/mol. The fourth-order valence-corrected chi connectivity index (χ4v) is 2.69. The molecule has 1 rings (SSSR count). The van der Waals surface area contributed by atoms with Crippen LogP contribution >= 0.6 is 0 Å². The third kappa shape index (κ3) is 4.14. The van der Waals surface area contributed by atoms with Crippen LogP contribution in [-0.4, -0.2) is 12.1 Å². The van der Waals surface area contributed by atoms with Gasteiger partial charge >= 0.3 is 0 Å². The molecule has 0 aromatic heterocycles. The second kappa shape index (κ2) is 6.91. The van der Waals surface area contributed by atoms with E-state index in [4.69, 9.17) is 5.26 Å². The minimum absolute atomic E-state index is 0.244. The average Bonchev–Trinajstić information content (AvgIpc) is 2.29. The van der Waals surface area contributed by atoms with Gasteiger partial charge in [-0.3, -0.25) is 0 Å². The number of nitrogens with zero attached hydrogens (tertiary/aromatic N) is 1. The van der Waals surface area contributed by atoms with Gasteiger partial charge in [-0.1, -0.05) is 33.1 Å². The van der Waals surface area contributed by atoms with Crippen LogP contribution in [0.25, 0.3) is 0 Å². The topological polar surface area (TPSA) is 35.8 Å². The highest BCUT2D eigenvalue weighted by Crippen LogP contribution is 2.24. The molecule has 1 aliphatic carbocycles. The van der Waals surface area contributed by atoms with Crippen LogP contribution in [-0.2, 0) is 0 Å². The lowest BCUT2D eigenvalue weighted by Crippen LogP contribution is -2.43. The van der Waals surface area contributed by atoms with Crippen molar-refractivity contribution in [3.63, 3.8) is 0 Å². The molecule has 1 N–H and O–H groups in total. The normalized spacial score (nSPS) is 29.4. The molecule has 0 spiro atoms. The quantitative estimate of drug-likeness (QED) is 0.773. The van der Waals surface area contributed by atoms with Gasteiger partial charge in [0.1, 0.15) is 0 Å². The Morgan fingerprint density at radius 3 is 2.62 bits per heavy atom. The molecule has 2 heteroatoms. The van der Waals surface area contributed by atoms with Crippen LogP contribution in [0.4, 0.5) is 0 Å². The molecule has 2 nitrogen and oxygen atoms in total. The maximum Gasteiger partial charge on any atom is 0.0672 e. The monoisotopic (exact) mass is 222 g/mol. The molecule has 0 radical (unpaired) electrons. The van der Waals surface area contributed by atoms with E-state index in [1.54, 1.807) is 0 Å². The summed E-state index contributed by atoms with van der Waals surface area (Å²) >= 11 is 0. The molecule has 0 saturated heterocycles. The van der Waals surface area contributed by atoms with E-state index in [0.29, 0.717) is 12.1 Å². The highest BCUT2D eigenvalue weighted by molar-refractivity contribution is 4.95. The number of hydrogen-bond donors (Lipinski definition) is 1. The Morgan fingerprint density at radius 1 is 1.31 bits per heavy atom. The van der Waals surface area contributed by atoms with Gasteiger partial charge in [0.15, 0.2) is 0 Å². The second-order valence-electron chi connectivity index (χ2n) is 5.44. The summed E-state index contributed by atoms with van der Waals surface area (Å²) in [6, 6.07) is 3.46. The first kappa shape index (κ1) is 13.5. The molecule has 1 saturated carbocycles. The first-order chi connectivity index (χ1) is 7.67. The van der Waals surface area contributed by atoms with Gasteiger partial charge < -0.3 is 5.32 Å². The molecule has 0 amide bonds. The lowest BCUT2D eigenvalue weighted by atomic mass is 9.84. The van der Waals surface area contributed by atoms with Gasteiger partial charge in [-0.15, -0.1) is 0 Å². The lowest BCUT2D eigenvalue weighted by molar-refractivity contribution is 0.273. The predicted molar refractivity (Wildman–Crippen MR) is 68.0 cm³/mol. The van der Waals surface area contributed by atoms with Gasteiger partial charge in [0.2, 0.25) is 0 Å². The molecule has 1 fully saturated rings. The Kier molecular flexibility index (Phi) is 5.84. The van der Waals surface area contributed by atoms with E-state index in [9.17, 15) is 0 Å². The van der Waals surface area contributed by atoms with Crippen molar-refractivity contribution in [2.45, 2.75) is 71.4 Å². The predicted octanol–water partition coefficient (Wildman–Crippen LogP) is 3.48. The Balaban J connectivity index is 2.36.